The highest BCUT2D eigenvalue weighted by molar-refractivity contribution is 5.82. The molecule has 0 radical (unpaired) electrons. The van der Waals surface area contributed by atoms with Crippen LogP contribution >= 0.6 is 0 Å². The normalized spacial score (nSPS) is 16.3. The molecule has 0 saturated carbocycles. The summed E-state index contributed by atoms with van der Waals surface area (Å²) in [5.74, 6) is 0.190. The highest BCUT2D eigenvalue weighted by atomic mass is 16.3. The van der Waals surface area contributed by atoms with Crippen LogP contribution in [0.1, 0.15) is 41.0 Å². The number of nitrogens with one attached hydrogen (secondary N) is 1. The molecule has 0 rings (SSSR count). The Morgan fingerprint density at radius 2 is 1.87 bits per heavy atom. The van der Waals surface area contributed by atoms with Crippen molar-refractivity contribution in [1.82, 2.24) is 5.32 Å². The maximum Gasteiger partial charge on any atom is 0.237 e. The highest BCUT2D eigenvalue weighted by Gasteiger charge is 2.28. The molecule has 4 nitrogen and oxygen atoms in total. The monoisotopic (exact) mass is 216 g/mol. The van der Waals surface area contributed by atoms with Crippen LogP contribution in [0.15, 0.2) is 0 Å². The molecule has 1 unspecified atom stereocenters. The van der Waals surface area contributed by atoms with Gasteiger partial charge in [0.25, 0.3) is 0 Å². The van der Waals surface area contributed by atoms with Crippen LogP contribution in [0.5, 0.6) is 0 Å². The summed E-state index contributed by atoms with van der Waals surface area (Å²) in [5, 5.41) is 12.2. The van der Waals surface area contributed by atoms with Gasteiger partial charge in [-0.15, -0.1) is 0 Å². The van der Waals surface area contributed by atoms with Crippen LogP contribution in [-0.4, -0.2) is 28.7 Å². The van der Waals surface area contributed by atoms with E-state index in [4.69, 9.17) is 5.73 Å². The maximum atomic E-state index is 11.7. The first-order valence-corrected chi connectivity index (χ1v) is 5.42. The Kier molecular flexibility index (Phi) is 5.24. The maximum absolute atomic E-state index is 11.7. The van der Waals surface area contributed by atoms with E-state index in [1.165, 1.54) is 0 Å². The minimum absolute atomic E-state index is 0.199. The molecule has 15 heavy (non-hydrogen) atoms. The van der Waals surface area contributed by atoms with Gasteiger partial charge in [-0.3, -0.25) is 4.79 Å². The first kappa shape index (κ1) is 14.4. The summed E-state index contributed by atoms with van der Waals surface area (Å²) in [6.45, 7) is 9.24. The van der Waals surface area contributed by atoms with Crippen LogP contribution in [0.25, 0.3) is 0 Å². The van der Waals surface area contributed by atoms with Crippen LogP contribution in [0.3, 0.4) is 0 Å². The molecule has 0 fully saturated rings. The second kappa shape index (κ2) is 5.47. The Morgan fingerprint density at radius 3 is 2.20 bits per heavy atom. The number of nitrogens with two attached hydrogens (primary N) is 1. The van der Waals surface area contributed by atoms with E-state index in [2.05, 4.69) is 5.32 Å². The lowest BCUT2D eigenvalue weighted by Crippen LogP contribution is -2.55. The number of aliphatic hydroxyl groups is 1. The second-order valence-corrected chi connectivity index (χ2v) is 5.12. The third kappa shape index (κ3) is 5.14. The number of carbonyl (C=O) groups excluding carboxylic acids is 1. The largest absolute Gasteiger partial charge is 0.391 e. The number of carbonyl (C=O) groups is 1. The molecule has 0 spiro atoms. The third-order valence-electron chi connectivity index (χ3n) is 2.55. The number of hydrogen-bond acceptors (Lipinski definition) is 3. The van der Waals surface area contributed by atoms with E-state index >= 15 is 0 Å². The van der Waals surface area contributed by atoms with Gasteiger partial charge < -0.3 is 16.2 Å². The average molecular weight is 216 g/mol. The van der Waals surface area contributed by atoms with Crippen molar-refractivity contribution in [2.24, 2.45) is 11.7 Å². The third-order valence-corrected chi connectivity index (χ3v) is 2.55. The summed E-state index contributed by atoms with van der Waals surface area (Å²) < 4.78 is 0. The first-order chi connectivity index (χ1) is 6.66. The lowest BCUT2D eigenvalue weighted by Gasteiger charge is -2.30. The van der Waals surface area contributed by atoms with E-state index in [1.807, 2.05) is 13.8 Å². The van der Waals surface area contributed by atoms with Crippen molar-refractivity contribution in [1.29, 1.82) is 0 Å². The Labute approximate surface area is 92.2 Å². The fourth-order valence-electron chi connectivity index (χ4n) is 1.13. The van der Waals surface area contributed by atoms with Crippen molar-refractivity contribution in [3.63, 3.8) is 0 Å². The summed E-state index contributed by atoms with van der Waals surface area (Å²) in [7, 11) is 0. The number of hydrogen-bond donors (Lipinski definition) is 3. The summed E-state index contributed by atoms with van der Waals surface area (Å²) in [6, 6.07) is -0.497. The summed E-state index contributed by atoms with van der Waals surface area (Å²) in [6.07, 6.45) is 0.0505. The molecule has 0 aliphatic rings. The molecular formula is C11H24N2O2. The average Bonchev–Trinajstić information content (AvgIpc) is 2.01. The standard InChI is InChI=1S/C11H24N2O2/c1-7(2)6-9(12)10(15)13-11(4,5)8(3)14/h7-9,14H,6,12H2,1-5H3,(H,13,15)/t8?,9-/m1/s1. The van der Waals surface area contributed by atoms with Crippen molar-refractivity contribution in [2.75, 3.05) is 0 Å². The van der Waals surface area contributed by atoms with Gasteiger partial charge in [0, 0.05) is 0 Å². The van der Waals surface area contributed by atoms with Gasteiger partial charge in [0.15, 0.2) is 0 Å². The molecule has 0 aliphatic carbocycles. The predicted molar refractivity (Wildman–Crippen MR) is 61.3 cm³/mol. The minimum Gasteiger partial charge on any atom is -0.391 e. The molecule has 0 aliphatic heterocycles. The summed E-state index contributed by atoms with van der Waals surface area (Å²) in [4.78, 5) is 11.7. The van der Waals surface area contributed by atoms with Gasteiger partial charge in [-0.05, 0) is 33.1 Å². The van der Waals surface area contributed by atoms with E-state index in [0.717, 1.165) is 0 Å². The number of amides is 1. The molecule has 1 amide bonds. The first-order valence-electron chi connectivity index (χ1n) is 5.42. The van der Waals surface area contributed by atoms with Crippen molar-refractivity contribution in [3.8, 4) is 0 Å². The quantitative estimate of drug-likeness (QED) is 0.631. The molecule has 90 valence electrons. The predicted octanol–water partition coefficient (Wildman–Crippen LogP) is 0.635. The van der Waals surface area contributed by atoms with E-state index in [1.54, 1.807) is 20.8 Å². The summed E-state index contributed by atoms with van der Waals surface area (Å²) in [5.41, 5.74) is 5.10. The second-order valence-electron chi connectivity index (χ2n) is 5.12. The molecular weight excluding hydrogens is 192 g/mol. The Hall–Kier alpha value is -0.610. The lowest BCUT2D eigenvalue weighted by molar-refractivity contribution is -0.125. The van der Waals surface area contributed by atoms with E-state index < -0.39 is 17.7 Å². The van der Waals surface area contributed by atoms with Crippen LogP contribution in [0.4, 0.5) is 0 Å². The molecule has 0 heterocycles. The van der Waals surface area contributed by atoms with Gasteiger partial charge in [0.1, 0.15) is 0 Å². The van der Waals surface area contributed by atoms with Crippen LogP contribution in [-0.2, 0) is 4.79 Å². The van der Waals surface area contributed by atoms with Crippen molar-refractivity contribution in [2.45, 2.75) is 58.7 Å². The lowest BCUT2D eigenvalue weighted by atomic mass is 9.97. The van der Waals surface area contributed by atoms with Gasteiger partial charge >= 0.3 is 0 Å². The Bertz CT molecular complexity index is 213. The van der Waals surface area contributed by atoms with Crippen molar-refractivity contribution < 1.29 is 9.90 Å². The van der Waals surface area contributed by atoms with Crippen LogP contribution in [0.2, 0.25) is 0 Å². The fourth-order valence-corrected chi connectivity index (χ4v) is 1.13. The molecule has 0 aromatic heterocycles. The van der Waals surface area contributed by atoms with E-state index in [0.29, 0.717) is 12.3 Å². The van der Waals surface area contributed by atoms with Crippen LogP contribution < -0.4 is 11.1 Å². The van der Waals surface area contributed by atoms with Gasteiger partial charge in [0.05, 0.1) is 17.7 Å². The zero-order valence-corrected chi connectivity index (χ0v) is 10.4. The molecule has 4 heteroatoms. The summed E-state index contributed by atoms with van der Waals surface area (Å²) >= 11 is 0. The number of aliphatic hydroxyl groups excluding tert-OH is 1. The van der Waals surface area contributed by atoms with Crippen molar-refractivity contribution in [3.05, 3.63) is 0 Å². The van der Waals surface area contributed by atoms with Crippen molar-refractivity contribution >= 4 is 5.91 Å². The minimum atomic E-state index is -0.633. The fraction of sp³-hybridized carbons (Fsp3) is 0.909. The Morgan fingerprint density at radius 1 is 1.40 bits per heavy atom. The van der Waals surface area contributed by atoms with Gasteiger partial charge in [-0.1, -0.05) is 13.8 Å². The highest BCUT2D eigenvalue weighted by Crippen LogP contribution is 2.10. The van der Waals surface area contributed by atoms with Gasteiger partial charge in [-0.2, -0.15) is 0 Å². The van der Waals surface area contributed by atoms with E-state index in [-0.39, 0.29) is 5.91 Å². The molecule has 0 aromatic carbocycles. The number of rotatable bonds is 5. The molecule has 0 saturated heterocycles. The zero-order valence-electron chi connectivity index (χ0n) is 10.4. The smallest absolute Gasteiger partial charge is 0.237 e. The molecule has 0 aromatic rings. The molecule has 0 bridgehead atoms. The van der Waals surface area contributed by atoms with Gasteiger partial charge in [-0.25, -0.2) is 0 Å². The van der Waals surface area contributed by atoms with Gasteiger partial charge in [0.2, 0.25) is 5.91 Å². The topological polar surface area (TPSA) is 75.4 Å². The molecule has 2 atom stereocenters. The SMILES string of the molecule is CC(C)C[C@@H](N)C(=O)NC(C)(C)C(C)O. The van der Waals surface area contributed by atoms with E-state index in [9.17, 15) is 9.90 Å². The van der Waals surface area contributed by atoms with Crippen LogP contribution in [0, 0.1) is 5.92 Å². The zero-order chi connectivity index (χ0) is 12.2. The molecule has 4 N–H and O–H groups in total. The Balaban J connectivity index is 4.24.